The maximum absolute atomic E-state index is 9.98. The molecule has 0 aliphatic heterocycles. The number of benzene rings is 1. The van der Waals surface area contributed by atoms with Crippen LogP contribution in [0.4, 0.5) is 0 Å². The van der Waals surface area contributed by atoms with E-state index < -0.39 is 5.60 Å². The Balaban J connectivity index is 3.01. The van der Waals surface area contributed by atoms with Gasteiger partial charge in [-0.3, -0.25) is 4.90 Å². The molecule has 0 aromatic heterocycles. The van der Waals surface area contributed by atoms with Crippen molar-refractivity contribution in [3.05, 3.63) is 34.9 Å². The number of likely N-dealkylation sites (N-methyl/N-ethyl adjacent to an activating group) is 1. The monoisotopic (exact) mass is 284 g/mol. The van der Waals surface area contributed by atoms with E-state index in [4.69, 9.17) is 17.3 Å². The highest BCUT2D eigenvalue weighted by atomic mass is 35.5. The Morgan fingerprint density at radius 1 is 1.42 bits per heavy atom. The van der Waals surface area contributed by atoms with Crippen LogP contribution >= 0.6 is 11.6 Å². The molecule has 0 radical (unpaired) electrons. The first-order valence-corrected chi connectivity index (χ1v) is 7.06. The van der Waals surface area contributed by atoms with Gasteiger partial charge in [-0.05, 0) is 45.0 Å². The molecule has 1 aromatic rings. The van der Waals surface area contributed by atoms with Crippen molar-refractivity contribution in [3.63, 3.8) is 0 Å². The lowest BCUT2D eigenvalue weighted by atomic mass is 9.95. The van der Waals surface area contributed by atoms with Crippen LogP contribution in [-0.4, -0.2) is 35.2 Å². The second kappa shape index (κ2) is 6.71. The predicted octanol–water partition coefficient (Wildman–Crippen LogP) is 2.82. The fourth-order valence-corrected chi connectivity index (χ4v) is 2.65. The molecular weight excluding hydrogens is 260 g/mol. The molecule has 0 spiro atoms. The molecule has 4 heteroatoms. The summed E-state index contributed by atoms with van der Waals surface area (Å²) in [5.41, 5.74) is 6.59. The Morgan fingerprint density at radius 3 is 2.53 bits per heavy atom. The van der Waals surface area contributed by atoms with Crippen molar-refractivity contribution in [2.24, 2.45) is 5.73 Å². The van der Waals surface area contributed by atoms with E-state index in [1.807, 2.05) is 31.3 Å². The number of aliphatic hydroxyl groups is 1. The molecule has 1 aromatic carbocycles. The number of rotatable bonds is 6. The van der Waals surface area contributed by atoms with Crippen LogP contribution in [0, 0.1) is 0 Å². The highest BCUT2D eigenvalue weighted by Gasteiger charge is 2.27. The van der Waals surface area contributed by atoms with Crippen LogP contribution in [-0.2, 0) is 0 Å². The van der Waals surface area contributed by atoms with Crippen molar-refractivity contribution < 1.29 is 5.11 Å². The lowest BCUT2D eigenvalue weighted by molar-refractivity contribution is 0.0266. The normalized spacial score (nSPS) is 15.6. The third-order valence-electron chi connectivity index (χ3n) is 3.18. The van der Waals surface area contributed by atoms with E-state index in [-0.39, 0.29) is 12.1 Å². The SMILES string of the molecule is CCC(N)C(c1cccc(Cl)c1)N(C)CC(C)(C)O. The van der Waals surface area contributed by atoms with E-state index in [0.29, 0.717) is 11.6 Å². The van der Waals surface area contributed by atoms with Crippen LogP contribution in [0.1, 0.15) is 38.8 Å². The zero-order chi connectivity index (χ0) is 14.6. The van der Waals surface area contributed by atoms with E-state index in [1.165, 1.54) is 0 Å². The fraction of sp³-hybridized carbons (Fsp3) is 0.600. The maximum Gasteiger partial charge on any atom is 0.0718 e. The lowest BCUT2D eigenvalue weighted by Crippen LogP contribution is -2.44. The summed E-state index contributed by atoms with van der Waals surface area (Å²) in [7, 11) is 1.99. The van der Waals surface area contributed by atoms with Crippen molar-refractivity contribution in [1.82, 2.24) is 4.90 Å². The molecule has 1 rings (SSSR count). The van der Waals surface area contributed by atoms with Crippen molar-refractivity contribution in [2.75, 3.05) is 13.6 Å². The van der Waals surface area contributed by atoms with Gasteiger partial charge in [-0.25, -0.2) is 0 Å². The zero-order valence-corrected chi connectivity index (χ0v) is 13.0. The minimum Gasteiger partial charge on any atom is -0.389 e. The highest BCUT2D eigenvalue weighted by Crippen LogP contribution is 2.27. The molecule has 3 N–H and O–H groups in total. The molecule has 19 heavy (non-hydrogen) atoms. The van der Waals surface area contributed by atoms with E-state index in [1.54, 1.807) is 13.8 Å². The summed E-state index contributed by atoms with van der Waals surface area (Å²) in [6.07, 6.45) is 0.868. The Kier molecular flexibility index (Phi) is 5.81. The standard InChI is InChI=1S/C15H25ClN2O/c1-5-13(17)14(18(4)10-15(2,3)19)11-7-6-8-12(16)9-11/h6-9,13-14,19H,5,10,17H2,1-4H3. The fourth-order valence-electron chi connectivity index (χ4n) is 2.45. The molecule has 0 aliphatic rings. The minimum absolute atomic E-state index is 0.00539. The zero-order valence-electron chi connectivity index (χ0n) is 12.2. The van der Waals surface area contributed by atoms with Gasteiger partial charge in [-0.1, -0.05) is 30.7 Å². The average molecular weight is 285 g/mol. The van der Waals surface area contributed by atoms with Gasteiger partial charge in [0.05, 0.1) is 5.60 Å². The summed E-state index contributed by atoms with van der Waals surface area (Å²) >= 11 is 6.07. The second-order valence-corrected chi connectivity index (χ2v) is 6.24. The molecular formula is C15H25ClN2O. The van der Waals surface area contributed by atoms with Crippen LogP contribution in [0.15, 0.2) is 24.3 Å². The number of hydrogen-bond acceptors (Lipinski definition) is 3. The number of nitrogens with two attached hydrogens (primary N) is 1. The molecule has 0 heterocycles. The van der Waals surface area contributed by atoms with E-state index in [0.717, 1.165) is 12.0 Å². The molecule has 0 saturated carbocycles. The van der Waals surface area contributed by atoms with Crippen LogP contribution < -0.4 is 5.73 Å². The van der Waals surface area contributed by atoms with Crippen LogP contribution in [0.25, 0.3) is 0 Å². The van der Waals surface area contributed by atoms with Gasteiger partial charge in [-0.2, -0.15) is 0 Å². The first-order chi connectivity index (χ1) is 8.74. The largest absolute Gasteiger partial charge is 0.389 e. The summed E-state index contributed by atoms with van der Waals surface area (Å²) in [4.78, 5) is 2.10. The van der Waals surface area contributed by atoms with E-state index >= 15 is 0 Å². The molecule has 2 unspecified atom stereocenters. The topological polar surface area (TPSA) is 49.5 Å². The summed E-state index contributed by atoms with van der Waals surface area (Å²) in [5, 5.41) is 10.7. The van der Waals surface area contributed by atoms with Gasteiger partial charge in [0, 0.05) is 23.7 Å². The lowest BCUT2D eigenvalue weighted by Gasteiger charge is -2.36. The van der Waals surface area contributed by atoms with Crippen LogP contribution in [0.5, 0.6) is 0 Å². The third kappa shape index (κ3) is 5.11. The maximum atomic E-state index is 9.98. The van der Waals surface area contributed by atoms with Gasteiger partial charge >= 0.3 is 0 Å². The van der Waals surface area contributed by atoms with Crippen molar-refractivity contribution in [3.8, 4) is 0 Å². The summed E-state index contributed by atoms with van der Waals surface area (Å²) in [5.74, 6) is 0. The van der Waals surface area contributed by atoms with Crippen LogP contribution in [0.3, 0.4) is 0 Å². The van der Waals surface area contributed by atoms with Crippen molar-refractivity contribution in [1.29, 1.82) is 0 Å². The quantitative estimate of drug-likeness (QED) is 0.844. The Bertz CT molecular complexity index is 403. The van der Waals surface area contributed by atoms with E-state index in [2.05, 4.69) is 11.8 Å². The molecule has 2 atom stereocenters. The Labute approximate surface area is 121 Å². The first kappa shape index (κ1) is 16.4. The van der Waals surface area contributed by atoms with Crippen molar-refractivity contribution in [2.45, 2.75) is 44.9 Å². The molecule has 0 fully saturated rings. The second-order valence-electron chi connectivity index (χ2n) is 5.80. The molecule has 108 valence electrons. The summed E-state index contributed by atoms with van der Waals surface area (Å²) < 4.78 is 0. The average Bonchev–Trinajstić information content (AvgIpc) is 2.26. The smallest absolute Gasteiger partial charge is 0.0718 e. The van der Waals surface area contributed by atoms with E-state index in [9.17, 15) is 5.11 Å². The van der Waals surface area contributed by atoms with Gasteiger partial charge in [0.2, 0.25) is 0 Å². The molecule has 3 nitrogen and oxygen atoms in total. The minimum atomic E-state index is -0.751. The number of nitrogens with zero attached hydrogens (tertiary/aromatic N) is 1. The summed E-state index contributed by atoms with van der Waals surface area (Å²) in [6.45, 7) is 6.23. The third-order valence-corrected chi connectivity index (χ3v) is 3.41. The molecule has 0 bridgehead atoms. The molecule has 0 amide bonds. The Hall–Kier alpha value is -0.610. The predicted molar refractivity (Wildman–Crippen MR) is 81.4 cm³/mol. The van der Waals surface area contributed by atoms with Gasteiger partial charge in [0.25, 0.3) is 0 Å². The number of hydrogen-bond donors (Lipinski definition) is 2. The number of halogens is 1. The highest BCUT2D eigenvalue weighted by molar-refractivity contribution is 6.30. The van der Waals surface area contributed by atoms with Gasteiger partial charge in [0.1, 0.15) is 0 Å². The molecule has 0 aliphatic carbocycles. The van der Waals surface area contributed by atoms with Crippen LogP contribution in [0.2, 0.25) is 5.02 Å². The first-order valence-electron chi connectivity index (χ1n) is 6.68. The summed E-state index contributed by atoms with van der Waals surface area (Å²) in [6, 6.07) is 7.83. The van der Waals surface area contributed by atoms with Gasteiger partial charge in [-0.15, -0.1) is 0 Å². The Morgan fingerprint density at radius 2 is 2.05 bits per heavy atom. The molecule has 0 saturated heterocycles. The van der Waals surface area contributed by atoms with Gasteiger partial charge < -0.3 is 10.8 Å². The van der Waals surface area contributed by atoms with Crippen molar-refractivity contribution >= 4 is 11.6 Å². The van der Waals surface area contributed by atoms with Gasteiger partial charge in [0.15, 0.2) is 0 Å².